The molecule has 1 N–H and O–H groups in total. The Labute approximate surface area is 239 Å². The van der Waals surface area contributed by atoms with E-state index in [2.05, 4.69) is 5.32 Å². The van der Waals surface area contributed by atoms with Crippen LogP contribution in [-0.4, -0.2) is 50.5 Å². The highest BCUT2D eigenvalue weighted by atomic mass is 35.5. The Morgan fingerprint density at radius 1 is 0.973 bits per heavy atom. The molecule has 2 rings (SSSR count). The molecule has 0 radical (unpaired) electrons. The lowest BCUT2D eigenvalue weighted by Gasteiger charge is -2.29. The summed E-state index contributed by atoms with van der Waals surface area (Å²) in [7, 11) is -3.70. The molecule has 1 unspecified atom stereocenters. The van der Waals surface area contributed by atoms with Crippen molar-refractivity contribution in [2.24, 2.45) is 0 Å². The molecule has 0 aromatic heterocycles. The number of nitrogens with zero attached hydrogens (tertiary/aromatic N) is 2. The van der Waals surface area contributed by atoms with Crippen molar-refractivity contribution in [2.45, 2.75) is 52.1 Å². The van der Waals surface area contributed by atoms with Crippen LogP contribution >= 0.6 is 46.4 Å². The Morgan fingerprint density at radius 3 is 2.27 bits per heavy atom. The van der Waals surface area contributed by atoms with Gasteiger partial charge in [0.05, 0.1) is 27.0 Å². The Bertz CT molecular complexity index is 1210. The van der Waals surface area contributed by atoms with Gasteiger partial charge in [0.25, 0.3) is 0 Å². The number of carbonyl (C=O) groups excluding carboxylic acids is 2. The van der Waals surface area contributed by atoms with Crippen molar-refractivity contribution in [1.82, 2.24) is 10.2 Å². The van der Waals surface area contributed by atoms with Gasteiger partial charge in [-0.1, -0.05) is 65.8 Å². The van der Waals surface area contributed by atoms with Gasteiger partial charge < -0.3 is 10.2 Å². The second-order valence-electron chi connectivity index (χ2n) is 8.63. The SMILES string of the molecule is CCCCNC(=O)C(C)N(Cc1ccc(Cl)c(Cl)c1)C(=O)CCCN(c1cc(Cl)ccc1Cl)S(C)(=O)=O. The molecule has 0 spiro atoms. The van der Waals surface area contributed by atoms with Gasteiger partial charge in [0.15, 0.2) is 0 Å². The van der Waals surface area contributed by atoms with Gasteiger partial charge in [-0.15, -0.1) is 0 Å². The highest BCUT2D eigenvalue weighted by Gasteiger charge is 2.27. The molecule has 37 heavy (non-hydrogen) atoms. The van der Waals surface area contributed by atoms with Crippen molar-refractivity contribution in [2.75, 3.05) is 23.7 Å². The monoisotopic (exact) mass is 609 g/mol. The molecule has 2 amide bonds. The summed E-state index contributed by atoms with van der Waals surface area (Å²) in [6, 6.07) is 8.80. The number of halogens is 4. The summed E-state index contributed by atoms with van der Waals surface area (Å²) in [6.45, 7) is 4.33. The molecule has 0 saturated carbocycles. The summed E-state index contributed by atoms with van der Waals surface area (Å²) in [5.41, 5.74) is 0.944. The van der Waals surface area contributed by atoms with Crippen LogP contribution in [0.4, 0.5) is 5.69 Å². The molecule has 7 nitrogen and oxygen atoms in total. The molecular weight excluding hydrogens is 580 g/mol. The van der Waals surface area contributed by atoms with E-state index in [9.17, 15) is 18.0 Å². The van der Waals surface area contributed by atoms with Gasteiger partial charge in [-0.2, -0.15) is 0 Å². The third kappa shape index (κ3) is 9.52. The maximum absolute atomic E-state index is 13.3. The van der Waals surface area contributed by atoms with Crippen molar-refractivity contribution >= 4 is 73.9 Å². The van der Waals surface area contributed by atoms with Crippen molar-refractivity contribution in [1.29, 1.82) is 0 Å². The number of carbonyl (C=O) groups is 2. The predicted molar refractivity (Wildman–Crippen MR) is 152 cm³/mol. The van der Waals surface area contributed by atoms with E-state index in [0.717, 1.165) is 23.4 Å². The van der Waals surface area contributed by atoms with E-state index >= 15 is 0 Å². The molecule has 0 saturated heterocycles. The average molecular weight is 611 g/mol. The molecule has 12 heteroatoms. The first-order valence-corrected chi connectivity index (χ1v) is 15.1. The van der Waals surface area contributed by atoms with Crippen molar-refractivity contribution in [3.63, 3.8) is 0 Å². The summed E-state index contributed by atoms with van der Waals surface area (Å²) in [4.78, 5) is 27.6. The normalized spacial score (nSPS) is 12.2. The third-order valence-corrected chi connectivity index (χ3v) is 8.14. The van der Waals surface area contributed by atoms with Crippen LogP contribution in [-0.2, 0) is 26.2 Å². The van der Waals surface area contributed by atoms with E-state index in [1.165, 1.54) is 17.0 Å². The van der Waals surface area contributed by atoms with E-state index in [1.807, 2.05) is 6.92 Å². The average Bonchev–Trinajstić information content (AvgIpc) is 2.83. The maximum atomic E-state index is 13.3. The first-order chi connectivity index (χ1) is 17.3. The smallest absolute Gasteiger partial charge is 0.242 e. The first kappa shape index (κ1) is 31.5. The number of nitrogens with one attached hydrogen (secondary N) is 1. The van der Waals surface area contributed by atoms with Gasteiger partial charge >= 0.3 is 0 Å². The quantitative estimate of drug-likeness (QED) is 0.274. The number of hydrogen-bond acceptors (Lipinski definition) is 4. The zero-order chi connectivity index (χ0) is 27.8. The standard InChI is InChI=1S/C25H31Cl4N3O4S/c1-4-5-12-30-25(34)17(2)31(16-18-8-10-20(27)22(29)14-18)24(33)7-6-13-32(37(3,35)36)23-15-19(26)9-11-21(23)28/h8-11,14-15,17H,4-7,12-13,16H2,1-3H3,(H,30,34). The lowest BCUT2D eigenvalue weighted by molar-refractivity contribution is -0.140. The van der Waals surface area contributed by atoms with Gasteiger partial charge in [0.2, 0.25) is 21.8 Å². The maximum Gasteiger partial charge on any atom is 0.242 e. The Morgan fingerprint density at radius 2 is 1.65 bits per heavy atom. The second kappa shape index (κ2) is 14.4. The summed E-state index contributed by atoms with van der Waals surface area (Å²) in [5, 5.41) is 4.14. The van der Waals surface area contributed by atoms with E-state index in [4.69, 9.17) is 46.4 Å². The number of unbranched alkanes of at least 4 members (excludes halogenated alkanes) is 1. The van der Waals surface area contributed by atoms with E-state index in [0.29, 0.717) is 27.2 Å². The van der Waals surface area contributed by atoms with Crippen LogP contribution in [0.25, 0.3) is 0 Å². The number of sulfonamides is 1. The Balaban J connectivity index is 2.21. The van der Waals surface area contributed by atoms with Gasteiger partial charge in [-0.25, -0.2) is 8.42 Å². The van der Waals surface area contributed by atoms with Gasteiger partial charge in [-0.3, -0.25) is 13.9 Å². The second-order valence-corrected chi connectivity index (χ2v) is 12.2. The molecule has 0 aliphatic rings. The fourth-order valence-electron chi connectivity index (χ4n) is 3.61. The van der Waals surface area contributed by atoms with Gasteiger partial charge in [0, 0.05) is 31.1 Å². The van der Waals surface area contributed by atoms with Crippen LogP contribution in [0.1, 0.15) is 45.1 Å². The summed E-state index contributed by atoms with van der Waals surface area (Å²) in [5.74, 6) is -0.583. The summed E-state index contributed by atoms with van der Waals surface area (Å²) < 4.78 is 26.1. The summed E-state index contributed by atoms with van der Waals surface area (Å²) in [6.07, 6.45) is 3.00. The van der Waals surface area contributed by atoms with Gasteiger partial charge in [-0.05, 0) is 55.7 Å². The summed E-state index contributed by atoms with van der Waals surface area (Å²) >= 11 is 24.4. The fraction of sp³-hybridized carbons (Fsp3) is 0.440. The van der Waals surface area contributed by atoms with Crippen molar-refractivity contribution in [3.05, 3.63) is 62.1 Å². The lowest BCUT2D eigenvalue weighted by atomic mass is 10.1. The highest BCUT2D eigenvalue weighted by Crippen LogP contribution is 2.31. The zero-order valence-corrected chi connectivity index (χ0v) is 24.8. The number of rotatable bonds is 13. The van der Waals surface area contributed by atoms with Crippen LogP contribution in [0, 0.1) is 0 Å². The van der Waals surface area contributed by atoms with E-state index < -0.39 is 16.1 Å². The Hall–Kier alpha value is -1.71. The molecule has 0 aliphatic heterocycles. The molecule has 0 heterocycles. The minimum absolute atomic E-state index is 0.00188. The van der Waals surface area contributed by atoms with Crippen LogP contribution in [0.3, 0.4) is 0 Å². The molecule has 0 bridgehead atoms. The molecule has 2 aromatic rings. The molecule has 1 atom stereocenters. The minimum atomic E-state index is -3.70. The van der Waals surface area contributed by atoms with E-state index in [-0.39, 0.29) is 48.5 Å². The van der Waals surface area contributed by atoms with Crippen LogP contribution in [0.2, 0.25) is 20.1 Å². The topological polar surface area (TPSA) is 86.8 Å². The molecule has 0 aliphatic carbocycles. The van der Waals surface area contributed by atoms with E-state index in [1.54, 1.807) is 31.2 Å². The molecule has 204 valence electrons. The minimum Gasteiger partial charge on any atom is -0.354 e. The number of hydrogen-bond donors (Lipinski definition) is 1. The fourth-order valence-corrected chi connectivity index (χ4v) is 5.34. The van der Waals surface area contributed by atoms with Crippen molar-refractivity contribution < 1.29 is 18.0 Å². The number of anilines is 1. The lowest BCUT2D eigenvalue weighted by Crippen LogP contribution is -2.48. The molecular formula is C25H31Cl4N3O4S. The van der Waals surface area contributed by atoms with Crippen LogP contribution in [0.15, 0.2) is 36.4 Å². The van der Waals surface area contributed by atoms with Crippen LogP contribution in [0.5, 0.6) is 0 Å². The highest BCUT2D eigenvalue weighted by molar-refractivity contribution is 7.92. The largest absolute Gasteiger partial charge is 0.354 e. The van der Waals surface area contributed by atoms with Crippen LogP contribution < -0.4 is 9.62 Å². The van der Waals surface area contributed by atoms with Gasteiger partial charge in [0.1, 0.15) is 6.04 Å². The zero-order valence-electron chi connectivity index (χ0n) is 20.9. The number of benzene rings is 2. The predicted octanol–water partition coefficient (Wildman–Crippen LogP) is 6.18. The Kier molecular flexibility index (Phi) is 12.3. The van der Waals surface area contributed by atoms with Crippen molar-refractivity contribution in [3.8, 4) is 0 Å². The first-order valence-electron chi connectivity index (χ1n) is 11.8. The molecule has 2 aromatic carbocycles. The third-order valence-electron chi connectivity index (χ3n) is 5.66. The molecule has 0 fully saturated rings. The number of amides is 2.